The Labute approximate surface area is 105 Å². The Balaban J connectivity index is 2.60. The third-order valence-electron chi connectivity index (χ3n) is 2.84. The summed E-state index contributed by atoms with van der Waals surface area (Å²) in [6.07, 6.45) is 1.96. The van der Waals surface area contributed by atoms with Gasteiger partial charge in [-0.05, 0) is 36.3 Å². The predicted octanol–water partition coefficient (Wildman–Crippen LogP) is 3.94. The maximum atomic E-state index is 4.74. The number of nitrogens with zero attached hydrogens (tertiary/aromatic N) is 1. The molecule has 17 heavy (non-hydrogen) atoms. The molecular weight excluding hydrogens is 210 g/mol. The van der Waals surface area contributed by atoms with Crippen molar-refractivity contribution in [2.24, 2.45) is 5.16 Å². The Morgan fingerprint density at radius 2 is 1.76 bits per heavy atom. The van der Waals surface area contributed by atoms with Gasteiger partial charge in [0.15, 0.2) is 0 Å². The molecule has 0 saturated carbocycles. The summed E-state index contributed by atoms with van der Waals surface area (Å²) in [5, 5.41) is 3.91. The molecule has 0 aliphatic carbocycles. The Morgan fingerprint density at radius 1 is 1.18 bits per heavy atom. The molecule has 0 unspecified atom stereocenters. The number of hydrogen-bond donors (Lipinski definition) is 0. The average Bonchev–Trinajstić information content (AvgIpc) is 2.26. The topological polar surface area (TPSA) is 21.6 Å². The Morgan fingerprint density at radius 3 is 2.24 bits per heavy atom. The first-order valence-corrected chi connectivity index (χ1v) is 6.09. The number of oxime groups is 1. The highest BCUT2D eigenvalue weighted by atomic mass is 16.6. The van der Waals surface area contributed by atoms with E-state index in [0.29, 0.717) is 0 Å². The molecule has 1 aromatic rings. The van der Waals surface area contributed by atoms with E-state index >= 15 is 0 Å². The van der Waals surface area contributed by atoms with Crippen LogP contribution in [0.3, 0.4) is 0 Å². The minimum absolute atomic E-state index is 0.228. The van der Waals surface area contributed by atoms with Crippen LogP contribution in [0.25, 0.3) is 0 Å². The zero-order chi connectivity index (χ0) is 12.9. The van der Waals surface area contributed by atoms with E-state index in [1.807, 2.05) is 6.92 Å². The van der Waals surface area contributed by atoms with Gasteiger partial charge in [-0.1, -0.05) is 50.2 Å². The van der Waals surface area contributed by atoms with Crippen LogP contribution in [0.2, 0.25) is 0 Å². The van der Waals surface area contributed by atoms with Crippen LogP contribution < -0.4 is 0 Å². The molecule has 0 spiro atoms. The first kappa shape index (κ1) is 13.8. The largest absolute Gasteiger partial charge is 0.399 e. The molecule has 0 bridgehead atoms. The highest BCUT2D eigenvalue weighted by molar-refractivity contribution is 5.81. The molecule has 0 aliphatic heterocycles. The first-order valence-electron chi connectivity index (χ1n) is 6.09. The third-order valence-corrected chi connectivity index (χ3v) is 2.84. The highest BCUT2D eigenvalue weighted by Gasteiger charge is 2.12. The lowest BCUT2D eigenvalue weighted by atomic mass is 9.86. The van der Waals surface area contributed by atoms with Crippen molar-refractivity contribution in [1.82, 2.24) is 0 Å². The molecule has 2 nitrogen and oxygen atoms in total. The van der Waals surface area contributed by atoms with E-state index in [2.05, 4.69) is 50.2 Å². The minimum atomic E-state index is 0.228. The van der Waals surface area contributed by atoms with Gasteiger partial charge in [-0.3, -0.25) is 0 Å². The summed E-state index contributed by atoms with van der Waals surface area (Å²) in [6, 6.07) is 8.86. The zero-order valence-corrected chi connectivity index (χ0v) is 11.6. The van der Waals surface area contributed by atoms with E-state index in [9.17, 15) is 0 Å². The van der Waals surface area contributed by atoms with Crippen LogP contribution in [0.15, 0.2) is 29.4 Å². The molecule has 0 aromatic heterocycles. The van der Waals surface area contributed by atoms with Crippen LogP contribution >= 0.6 is 0 Å². The van der Waals surface area contributed by atoms with Gasteiger partial charge in [0.05, 0.1) is 5.71 Å². The van der Waals surface area contributed by atoms with Gasteiger partial charge in [0.25, 0.3) is 0 Å². The van der Waals surface area contributed by atoms with Gasteiger partial charge in [0, 0.05) is 0 Å². The molecule has 0 heterocycles. The molecule has 0 amide bonds. The molecule has 1 rings (SSSR count). The Hall–Kier alpha value is -1.31. The van der Waals surface area contributed by atoms with Gasteiger partial charge in [-0.2, -0.15) is 0 Å². The zero-order valence-electron chi connectivity index (χ0n) is 11.6. The number of benzene rings is 1. The summed E-state index contributed by atoms with van der Waals surface area (Å²) in [6.45, 7) is 8.69. The van der Waals surface area contributed by atoms with E-state index in [1.165, 1.54) is 11.1 Å². The lowest BCUT2D eigenvalue weighted by Gasteiger charge is -2.19. The van der Waals surface area contributed by atoms with Crippen molar-refractivity contribution in [3.63, 3.8) is 0 Å². The molecule has 0 radical (unpaired) electrons. The van der Waals surface area contributed by atoms with Crippen LogP contribution in [-0.2, 0) is 16.7 Å². The van der Waals surface area contributed by atoms with Crippen LogP contribution in [-0.4, -0.2) is 12.8 Å². The van der Waals surface area contributed by atoms with Crippen LogP contribution in [0.1, 0.15) is 45.2 Å². The molecule has 0 atom stereocenters. The van der Waals surface area contributed by atoms with Crippen LogP contribution in [0.5, 0.6) is 0 Å². The van der Waals surface area contributed by atoms with Gasteiger partial charge in [-0.25, -0.2) is 0 Å². The van der Waals surface area contributed by atoms with E-state index < -0.39 is 0 Å². The van der Waals surface area contributed by atoms with Gasteiger partial charge in [0.2, 0.25) is 0 Å². The summed E-state index contributed by atoms with van der Waals surface area (Å²) in [5.74, 6) is 0. The van der Waals surface area contributed by atoms with Gasteiger partial charge in [0.1, 0.15) is 7.11 Å². The number of aryl methyl sites for hydroxylation is 1. The monoisotopic (exact) mass is 233 g/mol. The summed E-state index contributed by atoms with van der Waals surface area (Å²) in [5.41, 5.74) is 3.99. The summed E-state index contributed by atoms with van der Waals surface area (Å²) in [7, 11) is 1.58. The molecule has 0 N–H and O–H groups in total. The maximum absolute atomic E-state index is 4.74. The predicted molar refractivity (Wildman–Crippen MR) is 73.6 cm³/mol. The van der Waals surface area contributed by atoms with Gasteiger partial charge in [-0.15, -0.1) is 0 Å². The Kier molecular flexibility index (Phi) is 4.73. The van der Waals surface area contributed by atoms with Crippen molar-refractivity contribution in [3.8, 4) is 0 Å². The molecule has 0 saturated heterocycles. The quantitative estimate of drug-likeness (QED) is 0.570. The van der Waals surface area contributed by atoms with Gasteiger partial charge < -0.3 is 4.84 Å². The van der Waals surface area contributed by atoms with Crippen molar-refractivity contribution in [2.75, 3.05) is 7.11 Å². The first-order chi connectivity index (χ1) is 7.93. The SMILES string of the molecule is CON=C(C)CCc1ccc(C(C)(C)C)cc1. The van der Waals surface area contributed by atoms with Crippen molar-refractivity contribution in [1.29, 1.82) is 0 Å². The second-order valence-electron chi connectivity index (χ2n) is 5.46. The van der Waals surface area contributed by atoms with Crippen molar-refractivity contribution in [2.45, 2.75) is 46.0 Å². The second-order valence-corrected chi connectivity index (χ2v) is 5.46. The van der Waals surface area contributed by atoms with Crippen molar-refractivity contribution in [3.05, 3.63) is 35.4 Å². The smallest absolute Gasteiger partial charge is 0.106 e. The lowest BCUT2D eigenvalue weighted by Crippen LogP contribution is -2.10. The van der Waals surface area contributed by atoms with E-state index in [1.54, 1.807) is 7.11 Å². The molecule has 2 heteroatoms. The minimum Gasteiger partial charge on any atom is -0.399 e. The maximum Gasteiger partial charge on any atom is 0.106 e. The molecule has 0 aliphatic rings. The van der Waals surface area contributed by atoms with Gasteiger partial charge >= 0.3 is 0 Å². The fraction of sp³-hybridized carbons (Fsp3) is 0.533. The Bertz CT molecular complexity index is 371. The van der Waals surface area contributed by atoms with E-state index in [0.717, 1.165) is 18.6 Å². The summed E-state index contributed by atoms with van der Waals surface area (Å²) >= 11 is 0. The van der Waals surface area contributed by atoms with E-state index in [4.69, 9.17) is 4.84 Å². The average molecular weight is 233 g/mol. The standard InChI is InChI=1S/C15H23NO/c1-12(16-17-5)6-7-13-8-10-14(11-9-13)15(2,3)4/h8-11H,6-7H2,1-5H3. The molecule has 0 fully saturated rings. The number of hydrogen-bond acceptors (Lipinski definition) is 2. The molecule has 1 aromatic carbocycles. The van der Waals surface area contributed by atoms with Crippen LogP contribution in [0, 0.1) is 0 Å². The molecular formula is C15H23NO. The fourth-order valence-electron chi connectivity index (χ4n) is 1.70. The van der Waals surface area contributed by atoms with Crippen molar-refractivity contribution >= 4 is 5.71 Å². The summed E-state index contributed by atoms with van der Waals surface area (Å²) in [4.78, 5) is 4.74. The fourth-order valence-corrected chi connectivity index (χ4v) is 1.70. The van der Waals surface area contributed by atoms with E-state index in [-0.39, 0.29) is 5.41 Å². The van der Waals surface area contributed by atoms with Crippen molar-refractivity contribution < 1.29 is 4.84 Å². The normalized spacial score (nSPS) is 12.6. The lowest BCUT2D eigenvalue weighted by molar-refractivity contribution is 0.212. The third kappa shape index (κ3) is 4.59. The number of rotatable bonds is 4. The summed E-state index contributed by atoms with van der Waals surface area (Å²) < 4.78 is 0. The molecule has 94 valence electrons. The second kappa shape index (κ2) is 5.85. The highest BCUT2D eigenvalue weighted by Crippen LogP contribution is 2.22. The van der Waals surface area contributed by atoms with Crippen LogP contribution in [0.4, 0.5) is 0 Å².